The maximum Gasteiger partial charge on any atom is 0.421 e. The molecule has 0 aliphatic carbocycles. The molecule has 0 fully saturated rings. The molecule has 0 unspecified atom stereocenters. The number of benzene rings is 1. The van der Waals surface area contributed by atoms with Crippen LogP contribution in [0.2, 0.25) is 0 Å². The predicted octanol–water partition coefficient (Wildman–Crippen LogP) is 2.71. The van der Waals surface area contributed by atoms with Crippen LogP contribution in [0.5, 0.6) is 5.75 Å². The molecule has 0 bridgehead atoms. The van der Waals surface area contributed by atoms with Gasteiger partial charge in [0, 0.05) is 25.4 Å². The molecular weight excluding hydrogens is 384 g/mol. The SMILES string of the molecule is CNc1nc(Nc2cc(F)c(-n3nnnc3C)cc2OC)ncc1C(F)(F)F. The number of aromatic nitrogens is 6. The number of nitrogens with one attached hydrogen (secondary N) is 2. The van der Waals surface area contributed by atoms with E-state index >= 15 is 0 Å². The topological polar surface area (TPSA) is 103 Å². The summed E-state index contributed by atoms with van der Waals surface area (Å²) in [6, 6.07) is 2.42. The molecule has 13 heteroatoms. The summed E-state index contributed by atoms with van der Waals surface area (Å²) in [6.07, 6.45) is -3.99. The summed E-state index contributed by atoms with van der Waals surface area (Å²) in [5.41, 5.74) is -0.881. The Hall–Kier alpha value is -3.51. The fourth-order valence-electron chi connectivity index (χ4n) is 2.39. The molecule has 0 aliphatic rings. The van der Waals surface area contributed by atoms with Gasteiger partial charge in [0.1, 0.15) is 22.8 Å². The Bertz CT molecular complexity index is 1000. The van der Waals surface area contributed by atoms with Crippen molar-refractivity contribution in [2.75, 3.05) is 24.8 Å². The van der Waals surface area contributed by atoms with Crippen LogP contribution >= 0.6 is 0 Å². The molecule has 9 nitrogen and oxygen atoms in total. The first kappa shape index (κ1) is 19.3. The van der Waals surface area contributed by atoms with Gasteiger partial charge in [0.05, 0.1) is 12.8 Å². The number of hydrogen-bond donors (Lipinski definition) is 2. The van der Waals surface area contributed by atoms with Crippen LogP contribution < -0.4 is 15.4 Å². The van der Waals surface area contributed by atoms with Gasteiger partial charge >= 0.3 is 6.18 Å². The van der Waals surface area contributed by atoms with E-state index < -0.39 is 23.4 Å². The molecule has 2 N–H and O–H groups in total. The van der Waals surface area contributed by atoms with E-state index in [0.29, 0.717) is 12.0 Å². The van der Waals surface area contributed by atoms with E-state index in [1.54, 1.807) is 6.92 Å². The number of methoxy groups -OCH3 is 1. The average Bonchev–Trinajstić information content (AvgIpc) is 3.06. The maximum absolute atomic E-state index is 14.6. The van der Waals surface area contributed by atoms with Crippen molar-refractivity contribution in [1.29, 1.82) is 0 Å². The first-order chi connectivity index (χ1) is 13.2. The third-order valence-corrected chi connectivity index (χ3v) is 3.70. The van der Waals surface area contributed by atoms with E-state index in [1.807, 2.05) is 0 Å². The summed E-state index contributed by atoms with van der Waals surface area (Å²) in [7, 11) is 2.65. The van der Waals surface area contributed by atoms with Gasteiger partial charge in [-0.15, -0.1) is 5.10 Å². The second-order valence-electron chi connectivity index (χ2n) is 5.47. The lowest BCUT2D eigenvalue weighted by Crippen LogP contribution is -2.13. The molecule has 0 saturated carbocycles. The number of halogens is 4. The smallest absolute Gasteiger partial charge is 0.421 e. The van der Waals surface area contributed by atoms with Crippen molar-refractivity contribution in [3.63, 3.8) is 0 Å². The molecule has 0 radical (unpaired) electrons. The average molecular weight is 398 g/mol. The van der Waals surface area contributed by atoms with Crippen LogP contribution in [0.3, 0.4) is 0 Å². The van der Waals surface area contributed by atoms with Crippen LogP contribution in [0.15, 0.2) is 18.3 Å². The molecule has 2 aromatic heterocycles. The van der Waals surface area contributed by atoms with E-state index in [9.17, 15) is 17.6 Å². The van der Waals surface area contributed by atoms with Gasteiger partial charge in [-0.2, -0.15) is 22.8 Å². The lowest BCUT2D eigenvalue weighted by atomic mass is 10.2. The Morgan fingerprint density at radius 3 is 2.54 bits per heavy atom. The molecular formula is C15H14F4N8O. The Morgan fingerprint density at radius 2 is 1.96 bits per heavy atom. The Morgan fingerprint density at radius 1 is 1.21 bits per heavy atom. The molecule has 148 valence electrons. The Labute approximate surface area is 155 Å². The Balaban J connectivity index is 1.99. The summed E-state index contributed by atoms with van der Waals surface area (Å²) < 4.78 is 59.8. The van der Waals surface area contributed by atoms with Gasteiger partial charge < -0.3 is 15.4 Å². The van der Waals surface area contributed by atoms with Crippen LogP contribution in [0.1, 0.15) is 11.4 Å². The second-order valence-corrected chi connectivity index (χ2v) is 5.47. The molecule has 28 heavy (non-hydrogen) atoms. The number of tetrazole rings is 1. The summed E-state index contributed by atoms with van der Waals surface area (Å²) in [4.78, 5) is 7.42. The molecule has 0 saturated heterocycles. The normalized spacial score (nSPS) is 11.4. The molecule has 0 atom stereocenters. The first-order valence-corrected chi connectivity index (χ1v) is 7.76. The van der Waals surface area contributed by atoms with Crippen molar-refractivity contribution in [2.24, 2.45) is 0 Å². The van der Waals surface area contributed by atoms with E-state index in [0.717, 1.165) is 6.07 Å². The molecule has 3 aromatic rings. The third-order valence-electron chi connectivity index (χ3n) is 3.70. The van der Waals surface area contributed by atoms with Crippen LogP contribution in [0, 0.1) is 12.7 Å². The number of alkyl halides is 3. The lowest BCUT2D eigenvalue weighted by molar-refractivity contribution is -0.137. The van der Waals surface area contributed by atoms with Crippen molar-refractivity contribution < 1.29 is 22.3 Å². The van der Waals surface area contributed by atoms with Gasteiger partial charge in [-0.25, -0.2) is 9.37 Å². The van der Waals surface area contributed by atoms with Gasteiger partial charge in [-0.1, -0.05) is 0 Å². The Kier molecular flexibility index (Phi) is 4.98. The summed E-state index contributed by atoms with van der Waals surface area (Å²) in [6.45, 7) is 1.59. The first-order valence-electron chi connectivity index (χ1n) is 7.76. The number of anilines is 3. The van der Waals surface area contributed by atoms with Crippen molar-refractivity contribution >= 4 is 17.5 Å². The van der Waals surface area contributed by atoms with Crippen molar-refractivity contribution in [3.8, 4) is 11.4 Å². The van der Waals surface area contributed by atoms with E-state index in [2.05, 4.69) is 36.1 Å². The molecule has 3 rings (SSSR count). The van der Waals surface area contributed by atoms with Crippen LogP contribution in [-0.2, 0) is 6.18 Å². The van der Waals surface area contributed by atoms with Crippen LogP contribution in [0.25, 0.3) is 5.69 Å². The van der Waals surface area contributed by atoms with E-state index in [1.165, 1.54) is 24.9 Å². The van der Waals surface area contributed by atoms with Gasteiger partial charge in [-0.05, 0) is 17.4 Å². The zero-order chi connectivity index (χ0) is 20.5. The van der Waals surface area contributed by atoms with Gasteiger partial charge in [0.15, 0.2) is 11.6 Å². The minimum absolute atomic E-state index is 0.0363. The molecule has 0 aliphatic heterocycles. The highest BCUT2D eigenvalue weighted by Gasteiger charge is 2.35. The zero-order valence-corrected chi connectivity index (χ0v) is 14.8. The number of aryl methyl sites for hydroxylation is 1. The minimum Gasteiger partial charge on any atom is -0.494 e. The van der Waals surface area contributed by atoms with E-state index in [4.69, 9.17) is 4.74 Å². The molecule has 2 heterocycles. The lowest BCUT2D eigenvalue weighted by Gasteiger charge is -2.15. The quantitative estimate of drug-likeness (QED) is 0.633. The third kappa shape index (κ3) is 3.63. The summed E-state index contributed by atoms with van der Waals surface area (Å²) in [5.74, 6) is -0.765. The monoisotopic (exact) mass is 398 g/mol. The number of rotatable bonds is 5. The maximum atomic E-state index is 14.6. The highest BCUT2D eigenvalue weighted by atomic mass is 19.4. The van der Waals surface area contributed by atoms with Crippen LogP contribution in [-0.4, -0.2) is 44.3 Å². The second kappa shape index (κ2) is 7.25. The molecule has 1 aromatic carbocycles. The van der Waals surface area contributed by atoms with Crippen molar-refractivity contribution in [2.45, 2.75) is 13.1 Å². The fraction of sp³-hybridized carbons (Fsp3) is 0.267. The van der Waals surface area contributed by atoms with E-state index in [-0.39, 0.29) is 23.1 Å². The highest BCUT2D eigenvalue weighted by molar-refractivity contribution is 5.66. The summed E-state index contributed by atoms with van der Waals surface area (Å²) in [5, 5.41) is 15.8. The highest BCUT2D eigenvalue weighted by Crippen LogP contribution is 2.35. The number of nitrogens with zero attached hydrogens (tertiary/aromatic N) is 6. The summed E-state index contributed by atoms with van der Waals surface area (Å²) >= 11 is 0. The number of ether oxygens (including phenoxy) is 1. The predicted molar refractivity (Wildman–Crippen MR) is 90.3 cm³/mol. The molecule has 0 spiro atoms. The largest absolute Gasteiger partial charge is 0.494 e. The zero-order valence-electron chi connectivity index (χ0n) is 14.8. The van der Waals surface area contributed by atoms with Gasteiger partial charge in [0.25, 0.3) is 0 Å². The van der Waals surface area contributed by atoms with Gasteiger partial charge in [0.2, 0.25) is 5.95 Å². The number of hydrogen-bond acceptors (Lipinski definition) is 8. The molecule has 0 amide bonds. The minimum atomic E-state index is -4.62. The fourth-order valence-corrected chi connectivity index (χ4v) is 2.39. The standard InChI is InChI=1S/C15H14F4N8O/c1-7-24-25-26-27(7)11-5-12(28-3)10(4-9(11)16)22-14-21-6-8(15(17,18)19)13(20-2)23-14/h4-6H,1-3H3,(H2,20,21,22,23). The van der Waals surface area contributed by atoms with Crippen molar-refractivity contribution in [3.05, 3.63) is 35.5 Å². The van der Waals surface area contributed by atoms with Crippen molar-refractivity contribution in [1.82, 2.24) is 30.2 Å². The van der Waals surface area contributed by atoms with Gasteiger partial charge in [-0.3, -0.25) is 0 Å². The van der Waals surface area contributed by atoms with Crippen LogP contribution in [0.4, 0.5) is 35.0 Å².